The second-order valence-electron chi connectivity index (χ2n) is 4.39. The number of nitrogens with zero attached hydrogens (tertiary/aromatic N) is 1. The molecule has 1 aromatic heterocycles. The average molecular weight is 226 g/mol. The van der Waals surface area contributed by atoms with E-state index < -0.39 is 0 Å². The number of hydrogen-bond donors (Lipinski definition) is 2. The Labute approximate surface area is 97.0 Å². The molecule has 0 saturated heterocycles. The minimum atomic E-state index is -0.287. The Bertz CT molecular complexity index is 303. The maximum Gasteiger partial charge on any atom is 0.138 e. The molecule has 2 N–H and O–H groups in total. The van der Waals surface area contributed by atoms with E-state index in [2.05, 4.69) is 24.3 Å². The number of hydrogen-bond acceptors (Lipinski definition) is 4. The number of aliphatic hydroxyl groups is 1. The van der Waals surface area contributed by atoms with Crippen LogP contribution in [0.1, 0.15) is 37.3 Å². The fraction of sp³-hybridized carbons (Fsp3) is 0.750. The summed E-state index contributed by atoms with van der Waals surface area (Å²) in [5.41, 5.74) is 2.01. The van der Waals surface area contributed by atoms with Crippen molar-refractivity contribution in [1.29, 1.82) is 0 Å². The smallest absolute Gasteiger partial charge is 0.138 e. The predicted molar refractivity (Wildman–Crippen MR) is 63.1 cm³/mol. The van der Waals surface area contributed by atoms with Crippen molar-refractivity contribution in [1.82, 2.24) is 10.5 Å². The van der Waals surface area contributed by atoms with Gasteiger partial charge in [0.2, 0.25) is 0 Å². The molecule has 16 heavy (non-hydrogen) atoms. The van der Waals surface area contributed by atoms with Crippen LogP contribution in [-0.2, 0) is 6.54 Å². The molecule has 2 atom stereocenters. The van der Waals surface area contributed by atoms with Gasteiger partial charge in [0, 0.05) is 18.7 Å². The summed E-state index contributed by atoms with van der Waals surface area (Å²) in [6, 6.07) is 0. The Morgan fingerprint density at radius 1 is 1.44 bits per heavy atom. The lowest BCUT2D eigenvalue weighted by atomic mass is 10.0. The molecule has 92 valence electrons. The van der Waals surface area contributed by atoms with E-state index in [1.165, 1.54) is 0 Å². The van der Waals surface area contributed by atoms with Crippen LogP contribution >= 0.6 is 0 Å². The van der Waals surface area contributed by atoms with Gasteiger partial charge in [-0.25, -0.2) is 0 Å². The highest BCUT2D eigenvalue weighted by molar-refractivity contribution is 5.20. The average Bonchev–Trinajstić information content (AvgIpc) is 2.59. The van der Waals surface area contributed by atoms with Gasteiger partial charge in [-0.1, -0.05) is 25.4 Å². The summed E-state index contributed by atoms with van der Waals surface area (Å²) < 4.78 is 5.07. The summed E-state index contributed by atoms with van der Waals surface area (Å²) >= 11 is 0. The second-order valence-corrected chi connectivity index (χ2v) is 4.39. The third-order valence-corrected chi connectivity index (χ3v) is 3.14. The maximum atomic E-state index is 9.78. The molecule has 0 radical (unpaired) electrons. The Kier molecular flexibility index (Phi) is 4.96. The van der Waals surface area contributed by atoms with Gasteiger partial charge < -0.3 is 14.9 Å². The molecule has 1 heterocycles. The Balaban J connectivity index is 2.36. The lowest BCUT2D eigenvalue weighted by Crippen LogP contribution is -2.31. The molecule has 0 saturated carbocycles. The summed E-state index contributed by atoms with van der Waals surface area (Å²) in [7, 11) is 0. The lowest BCUT2D eigenvalue weighted by molar-refractivity contribution is 0.112. The minimum Gasteiger partial charge on any atom is -0.392 e. The first-order valence-corrected chi connectivity index (χ1v) is 5.86. The van der Waals surface area contributed by atoms with Gasteiger partial charge in [-0.3, -0.25) is 0 Å². The molecule has 4 nitrogen and oxygen atoms in total. The van der Waals surface area contributed by atoms with E-state index >= 15 is 0 Å². The van der Waals surface area contributed by atoms with Gasteiger partial charge in [0.25, 0.3) is 0 Å². The molecule has 0 aliphatic carbocycles. The molecule has 0 aliphatic heterocycles. The van der Waals surface area contributed by atoms with Crippen LogP contribution in [0.5, 0.6) is 0 Å². The van der Waals surface area contributed by atoms with Crippen molar-refractivity contribution in [2.75, 3.05) is 6.54 Å². The second kappa shape index (κ2) is 6.01. The van der Waals surface area contributed by atoms with E-state index in [4.69, 9.17) is 4.52 Å². The predicted octanol–water partition coefficient (Wildman–Crippen LogP) is 1.79. The van der Waals surface area contributed by atoms with E-state index in [-0.39, 0.29) is 6.10 Å². The monoisotopic (exact) mass is 226 g/mol. The van der Waals surface area contributed by atoms with Gasteiger partial charge in [0.05, 0.1) is 11.8 Å². The summed E-state index contributed by atoms with van der Waals surface area (Å²) in [6.07, 6.45) is 0.708. The Morgan fingerprint density at radius 2 is 2.12 bits per heavy atom. The highest BCUT2D eigenvalue weighted by atomic mass is 16.5. The van der Waals surface area contributed by atoms with Crippen molar-refractivity contribution in [2.45, 2.75) is 46.8 Å². The highest BCUT2D eigenvalue weighted by Crippen LogP contribution is 2.12. The van der Waals surface area contributed by atoms with E-state index in [9.17, 15) is 5.11 Å². The highest BCUT2D eigenvalue weighted by Gasteiger charge is 2.13. The molecular weight excluding hydrogens is 204 g/mol. The van der Waals surface area contributed by atoms with Gasteiger partial charge in [0.1, 0.15) is 5.76 Å². The van der Waals surface area contributed by atoms with Crippen molar-refractivity contribution >= 4 is 0 Å². The number of rotatable bonds is 6. The zero-order valence-electron chi connectivity index (χ0n) is 10.6. The summed E-state index contributed by atoms with van der Waals surface area (Å²) in [5.74, 6) is 1.18. The topological polar surface area (TPSA) is 58.3 Å². The van der Waals surface area contributed by atoms with Gasteiger partial charge in [-0.05, 0) is 19.8 Å². The first-order valence-electron chi connectivity index (χ1n) is 5.86. The molecule has 0 spiro atoms. The standard InChI is InChI=1S/C12H22N2O2/c1-5-8(2)12(15)7-13-6-11-9(3)14-16-10(11)4/h8,12-13,15H,5-7H2,1-4H3. The first kappa shape index (κ1) is 13.2. The molecule has 0 aliphatic rings. The molecule has 4 heteroatoms. The maximum absolute atomic E-state index is 9.78. The van der Waals surface area contributed by atoms with Crippen molar-refractivity contribution in [2.24, 2.45) is 5.92 Å². The number of nitrogens with one attached hydrogen (secondary N) is 1. The molecule has 0 bridgehead atoms. The number of aliphatic hydroxyl groups excluding tert-OH is 1. The molecule has 0 aromatic carbocycles. The molecule has 0 fully saturated rings. The first-order chi connectivity index (χ1) is 7.56. The van der Waals surface area contributed by atoms with E-state index in [1.54, 1.807) is 0 Å². The van der Waals surface area contributed by atoms with Crippen LogP contribution in [0, 0.1) is 19.8 Å². The molecule has 1 aromatic rings. The SMILES string of the molecule is CCC(C)C(O)CNCc1c(C)noc1C. The molecule has 1 rings (SSSR count). The molecule has 0 amide bonds. The largest absolute Gasteiger partial charge is 0.392 e. The Hall–Kier alpha value is -0.870. The van der Waals surface area contributed by atoms with Gasteiger partial charge in [-0.15, -0.1) is 0 Å². The zero-order valence-corrected chi connectivity index (χ0v) is 10.6. The fourth-order valence-electron chi connectivity index (χ4n) is 1.57. The van der Waals surface area contributed by atoms with Crippen LogP contribution in [-0.4, -0.2) is 22.9 Å². The normalized spacial score (nSPS) is 15.1. The van der Waals surface area contributed by atoms with Crippen LogP contribution in [0.3, 0.4) is 0 Å². The quantitative estimate of drug-likeness (QED) is 0.776. The van der Waals surface area contributed by atoms with Crippen LogP contribution in [0.4, 0.5) is 0 Å². The van der Waals surface area contributed by atoms with E-state index in [1.807, 2.05) is 13.8 Å². The summed E-state index contributed by atoms with van der Waals surface area (Å²) in [6.45, 7) is 9.29. The summed E-state index contributed by atoms with van der Waals surface area (Å²) in [5, 5.41) is 16.9. The zero-order chi connectivity index (χ0) is 12.1. The van der Waals surface area contributed by atoms with Crippen LogP contribution in [0.25, 0.3) is 0 Å². The fourth-order valence-corrected chi connectivity index (χ4v) is 1.57. The summed E-state index contributed by atoms with van der Waals surface area (Å²) in [4.78, 5) is 0. The van der Waals surface area contributed by atoms with Crippen molar-refractivity contribution in [3.63, 3.8) is 0 Å². The van der Waals surface area contributed by atoms with Gasteiger partial charge in [0.15, 0.2) is 0 Å². The lowest BCUT2D eigenvalue weighted by Gasteiger charge is -2.17. The molecular formula is C12H22N2O2. The third-order valence-electron chi connectivity index (χ3n) is 3.14. The Morgan fingerprint density at radius 3 is 2.62 bits per heavy atom. The van der Waals surface area contributed by atoms with E-state index in [0.717, 1.165) is 23.4 Å². The number of aryl methyl sites for hydroxylation is 2. The van der Waals surface area contributed by atoms with Crippen molar-refractivity contribution < 1.29 is 9.63 Å². The van der Waals surface area contributed by atoms with Crippen LogP contribution in [0.2, 0.25) is 0 Å². The molecule has 2 unspecified atom stereocenters. The van der Waals surface area contributed by atoms with Crippen LogP contribution < -0.4 is 5.32 Å². The van der Waals surface area contributed by atoms with Crippen LogP contribution in [0.15, 0.2) is 4.52 Å². The van der Waals surface area contributed by atoms with Gasteiger partial charge in [-0.2, -0.15) is 0 Å². The number of aromatic nitrogens is 1. The third kappa shape index (κ3) is 3.32. The minimum absolute atomic E-state index is 0.287. The van der Waals surface area contributed by atoms with E-state index in [0.29, 0.717) is 19.0 Å². The van der Waals surface area contributed by atoms with Gasteiger partial charge >= 0.3 is 0 Å². The van der Waals surface area contributed by atoms with Crippen molar-refractivity contribution in [3.8, 4) is 0 Å². The van der Waals surface area contributed by atoms with Crippen molar-refractivity contribution in [3.05, 3.63) is 17.0 Å².